The average molecular weight is 351 g/mol. The van der Waals surface area contributed by atoms with Gasteiger partial charge in [-0.25, -0.2) is 0 Å². The molecule has 1 aromatic carbocycles. The molecule has 0 unspecified atom stereocenters. The van der Waals surface area contributed by atoms with E-state index in [2.05, 4.69) is 5.32 Å². The van der Waals surface area contributed by atoms with Crippen LogP contribution in [0, 0.1) is 0 Å². The summed E-state index contributed by atoms with van der Waals surface area (Å²) in [6.07, 6.45) is 2.83. The van der Waals surface area contributed by atoms with E-state index in [1.807, 2.05) is 0 Å². The van der Waals surface area contributed by atoms with E-state index in [0.29, 0.717) is 18.7 Å². The van der Waals surface area contributed by atoms with Gasteiger partial charge in [0, 0.05) is 26.5 Å². The van der Waals surface area contributed by atoms with Crippen LogP contribution < -0.4 is 14.8 Å². The lowest BCUT2D eigenvalue weighted by Gasteiger charge is -2.09. The second kappa shape index (κ2) is 11.0. The van der Waals surface area contributed by atoms with E-state index in [0.717, 1.165) is 0 Å². The molecule has 0 aliphatic rings. The quantitative estimate of drug-likeness (QED) is 0.291. The molecule has 2 N–H and O–H groups in total. The summed E-state index contributed by atoms with van der Waals surface area (Å²) in [4.78, 5) is 33.9. The maximum absolute atomic E-state index is 11.7. The van der Waals surface area contributed by atoms with Gasteiger partial charge < -0.3 is 24.6 Å². The fraction of sp³-hybridized carbons (Fsp3) is 0.353. The zero-order valence-corrected chi connectivity index (χ0v) is 14.1. The van der Waals surface area contributed by atoms with Crippen molar-refractivity contribution in [1.29, 1.82) is 0 Å². The number of benzene rings is 1. The molecule has 0 aliphatic carbocycles. The van der Waals surface area contributed by atoms with Crippen LogP contribution in [0.1, 0.15) is 19.4 Å². The summed E-state index contributed by atoms with van der Waals surface area (Å²) in [7, 11) is 0. The van der Waals surface area contributed by atoms with Gasteiger partial charge in [-0.2, -0.15) is 0 Å². The third kappa shape index (κ3) is 8.63. The highest BCUT2D eigenvalue weighted by atomic mass is 16.6. The largest absolute Gasteiger partial charge is 0.423 e. The van der Waals surface area contributed by atoms with Gasteiger partial charge in [0.2, 0.25) is 5.91 Å². The molecule has 0 aliphatic heterocycles. The minimum absolute atomic E-state index is 0.0676. The number of aliphatic hydroxyl groups excluding tert-OH is 1. The van der Waals surface area contributed by atoms with E-state index in [1.54, 1.807) is 6.07 Å². The number of rotatable bonds is 9. The lowest BCUT2D eigenvalue weighted by Crippen LogP contribution is -2.25. The molecule has 0 atom stereocenters. The molecular weight excluding hydrogens is 330 g/mol. The molecule has 0 radical (unpaired) electrons. The third-order valence-corrected chi connectivity index (χ3v) is 2.68. The highest BCUT2D eigenvalue weighted by Crippen LogP contribution is 2.29. The van der Waals surface area contributed by atoms with Crippen LogP contribution >= 0.6 is 0 Å². The molecule has 0 saturated carbocycles. The number of carbonyl (C=O) groups is 3. The van der Waals surface area contributed by atoms with Gasteiger partial charge >= 0.3 is 11.9 Å². The van der Waals surface area contributed by atoms with Gasteiger partial charge in [0.25, 0.3) is 0 Å². The van der Waals surface area contributed by atoms with Crippen molar-refractivity contribution in [2.24, 2.45) is 0 Å². The topological polar surface area (TPSA) is 111 Å². The van der Waals surface area contributed by atoms with Gasteiger partial charge in [-0.3, -0.25) is 14.4 Å². The lowest BCUT2D eigenvalue weighted by atomic mass is 10.2. The van der Waals surface area contributed by atoms with Crippen molar-refractivity contribution in [3.8, 4) is 11.5 Å². The van der Waals surface area contributed by atoms with E-state index in [-0.39, 0.29) is 30.6 Å². The number of aliphatic hydroxyl groups is 1. The molecule has 0 saturated heterocycles. The number of amides is 1. The zero-order chi connectivity index (χ0) is 18.7. The van der Waals surface area contributed by atoms with Crippen molar-refractivity contribution >= 4 is 23.9 Å². The third-order valence-electron chi connectivity index (χ3n) is 2.68. The van der Waals surface area contributed by atoms with Crippen molar-refractivity contribution in [2.75, 3.05) is 26.4 Å². The molecule has 0 spiro atoms. The average Bonchev–Trinajstić information content (AvgIpc) is 2.54. The summed E-state index contributed by atoms with van der Waals surface area (Å²) in [6.45, 7) is 3.23. The second-order valence-electron chi connectivity index (χ2n) is 4.85. The van der Waals surface area contributed by atoms with E-state index < -0.39 is 11.9 Å². The first-order valence-corrected chi connectivity index (χ1v) is 7.57. The Labute approximate surface area is 145 Å². The number of hydrogen-bond donors (Lipinski definition) is 2. The predicted octanol–water partition coefficient (Wildman–Crippen LogP) is 0.675. The minimum atomic E-state index is -0.560. The van der Waals surface area contributed by atoms with Crippen LogP contribution in [0.15, 0.2) is 24.3 Å². The summed E-state index contributed by atoms with van der Waals surface area (Å²) in [5, 5.41) is 11.2. The van der Waals surface area contributed by atoms with Crippen molar-refractivity contribution < 1.29 is 33.7 Å². The first-order valence-electron chi connectivity index (χ1n) is 7.57. The maximum atomic E-state index is 11.7. The standard InChI is InChI=1S/C17H21NO7/c1-12(20)24-15-5-3-14(11-16(15)25-13(2)21)4-6-17(22)18-7-9-23-10-8-19/h3-6,11,19H,7-10H2,1-2H3,(H,18,22)/b6-4+. The van der Waals surface area contributed by atoms with Gasteiger partial charge in [-0.05, 0) is 23.8 Å². The van der Waals surface area contributed by atoms with Crippen LogP contribution in [0.5, 0.6) is 11.5 Å². The minimum Gasteiger partial charge on any atom is -0.423 e. The first-order chi connectivity index (χ1) is 11.9. The van der Waals surface area contributed by atoms with Crippen LogP contribution in [-0.4, -0.2) is 49.3 Å². The summed E-state index contributed by atoms with van der Waals surface area (Å²) >= 11 is 0. The molecular formula is C17H21NO7. The summed E-state index contributed by atoms with van der Waals surface area (Å²) < 4.78 is 15.0. The Hall–Kier alpha value is -2.71. The van der Waals surface area contributed by atoms with Gasteiger partial charge in [0.1, 0.15) is 0 Å². The molecule has 25 heavy (non-hydrogen) atoms. The van der Waals surface area contributed by atoms with Crippen LogP contribution in [0.25, 0.3) is 6.08 Å². The monoisotopic (exact) mass is 351 g/mol. The molecule has 1 rings (SSSR count). The fourth-order valence-corrected chi connectivity index (χ4v) is 1.75. The summed E-state index contributed by atoms with van der Waals surface area (Å²) in [5.74, 6) is -1.23. The van der Waals surface area contributed by atoms with E-state index in [1.165, 1.54) is 38.1 Å². The predicted molar refractivity (Wildman–Crippen MR) is 89.0 cm³/mol. The van der Waals surface area contributed by atoms with Gasteiger partial charge in [-0.15, -0.1) is 0 Å². The van der Waals surface area contributed by atoms with Crippen LogP contribution in [-0.2, 0) is 19.1 Å². The maximum Gasteiger partial charge on any atom is 0.308 e. The Bertz CT molecular complexity index is 640. The second-order valence-corrected chi connectivity index (χ2v) is 4.85. The number of hydrogen-bond acceptors (Lipinski definition) is 7. The molecule has 1 amide bonds. The summed E-state index contributed by atoms with van der Waals surface area (Å²) in [5.41, 5.74) is 0.582. The van der Waals surface area contributed by atoms with Gasteiger partial charge in [-0.1, -0.05) is 6.07 Å². The van der Waals surface area contributed by atoms with Crippen molar-refractivity contribution in [1.82, 2.24) is 5.32 Å². The van der Waals surface area contributed by atoms with E-state index in [4.69, 9.17) is 19.3 Å². The number of esters is 2. The molecule has 0 heterocycles. The normalized spacial score (nSPS) is 10.5. The van der Waals surface area contributed by atoms with E-state index >= 15 is 0 Å². The summed E-state index contributed by atoms with van der Waals surface area (Å²) in [6, 6.07) is 4.56. The highest BCUT2D eigenvalue weighted by Gasteiger charge is 2.10. The van der Waals surface area contributed by atoms with Crippen molar-refractivity contribution in [2.45, 2.75) is 13.8 Å². The number of ether oxygens (including phenoxy) is 3. The zero-order valence-electron chi connectivity index (χ0n) is 14.1. The molecule has 136 valence electrons. The van der Waals surface area contributed by atoms with Crippen LogP contribution in [0.4, 0.5) is 0 Å². The fourth-order valence-electron chi connectivity index (χ4n) is 1.75. The van der Waals surface area contributed by atoms with Crippen molar-refractivity contribution in [3.05, 3.63) is 29.8 Å². The number of carbonyl (C=O) groups excluding carboxylic acids is 3. The molecule has 0 aromatic heterocycles. The van der Waals surface area contributed by atoms with Gasteiger partial charge in [0.15, 0.2) is 11.5 Å². The van der Waals surface area contributed by atoms with Gasteiger partial charge in [0.05, 0.1) is 19.8 Å². The smallest absolute Gasteiger partial charge is 0.308 e. The molecule has 0 fully saturated rings. The van der Waals surface area contributed by atoms with Crippen molar-refractivity contribution in [3.63, 3.8) is 0 Å². The Morgan fingerprint density at radius 3 is 2.40 bits per heavy atom. The SMILES string of the molecule is CC(=O)Oc1ccc(/C=C/C(=O)NCCOCCO)cc1OC(C)=O. The van der Waals surface area contributed by atoms with Crippen LogP contribution in [0.3, 0.4) is 0 Å². The molecule has 0 bridgehead atoms. The Morgan fingerprint density at radius 1 is 1.08 bits per heavy atom. The molecule has 1 aromatic rings. The van der Waals surface area contributed by atoms with E-state index in [9.17, 15) is 14.4 Å². The Kier molecular flexibility index (Phi) is 8.91. The lowest BCUT2D eigenvalue weighted by molar-refractivity contribution is -0.134. The molecule has 8 heteroatoms. The Balaban J connectivity index is 2.69. The first kappa shape index (κ1) is 20.3. The Morgan fingerprint density at radius 2 is 1.76 bits per heavy atom. The number of nitrogens with one attached hydrogen (secondary N) is 1. The highest BCUT2D eigenvalue weighted by molar-refractivity contribution is 5.91. The van der Waals surface area contributed by atoms with Crippen LogP contribution in [0.2, 0.25) is 0 Å². The molecule has 8 nitrogen and oxygen atoms in total.